The van der Waals surface area contributed by atoms with Gasteiger partial charge in [0.25, 0.3) is 0 Å². The van der Waals surface area contributed by atoms with Crippen molar-refractivity contribution in [2.24, 2.45) is 11.8 Å². The molecule has 2 heteroatoms. The lowest BCUT2D eigenvalue weighted by molar-refractivity contribution is -0.0430. The molecule has 0 bridgehead atoms. The molecular formula is C18H28O2. The molecule has 1 aromatic carbocycles. The van der Waals surface area contributed by atoms with Crippen molar-refractivity contribution in [3.63, 3.8) is 0 Å². The van der Waals surface area contributed by atoms with Gasteiger partial charge in [-0.1, -0.05) is 44.7 Å². The molecule has 1 aliphatic rings. The fourth-order valence-electron chi connectivity index (χ4n) is 3.80. The quantitative estimate of drug-likeness (QED) is 0.873. The molecular weight excluding hydrogens is 248 g/mol. The number of aliphatic hydroxyl groups is 1. The molecule has 3 atom stereocenters. The molecule has 20 heavy (non-hydrogen) atoms. The van der Waals surface area contributed by atoms with Gasteiger partial charge in [-0.15, -0.1) is 0 Å². The Bertz CT molecular complexity index is 408. The maximum atomic E-state index is 11.0. The molecule has 1 N–H and O–H groups in total. The number of benzene rings is 1. The van der Waals surface area contributed by atoms with Crippen LogP contribution in [-0.4, -0.2) is 17.8 Å². The molecule has 1 aliphatic carbocycles. The average molecular weight is 276 g/mol. The third-order valence-corrected chi connectivity index (χ3v) is 4.95. The normalized spacial score (nSPS) is 26.0. The minimum atomic E-state index is -0.602. The standard InChI is InChI=1S/C18H28O2/c1-4-15-7-5-6-8-17(15)18(2,19)13-14-9-11-16(20-3)12-10-14/h9-12,15,17,19H,4-8,13H2,1-3H3. The summed E-state index contributed by atoms with van der Waals surface area (Å²) >= 11 is 0. The van der Waals surface area contributed by atoms with E-state index in [0.717, 1.165) is 12.2 Å². The second kappa shape index (κ2) is 6.62. The highest BCUT2D eigenvalue weighted by Crippen LogP contribution is 2.40. The summed E-state index contributed by atoms with van der Waals surface area (Å²) in [5, 5.41) is 11.0. The molecule has 0 spiro atoms. The van der Waals surface area contributed by atoms with Crippen LogP contribution in [0.4, 0.5) is 0 Å². The minimum absolute atomic E-state index is 0.434. The fourth-order valence-corrected chi connectivity index (χ4v) is 3.80. The molecule has 0 heterocycles. The van der Waals surface area contributed by atoms with Crippen LogP contribution >= 0.6 is 0 Å². The molecule has 1 fully saturated rings. The Morgan fingerprint density at radius 2 is 1.85 bits per heavy atom. The van der Waals surface area contributed by atoms with E-state index < -0.39 is 5.60 Å². The Hall–Kier alpha value is -1.02. The van der Waals surface area contributed by atoms with Crippen molar-refractivity contribution in [2.45, 2.75) is 58.0 Å². The lowest BCUT2D eigenvalue weighted by atomic mass is 9.68. The van der Waals surface area contributed by atoms with Crippen LogP contribution in [-0.2, 0) is 6.42 Å². The van der Waals surface area contributed by atoms with E-state index in [-0.39, 0.29) is 0 Å². The largest absolute Gasteiger partial charge is 0.497 e. The van der Waals surface area contributed by atoms with E-state index in [4.69, 9.17) is 4.74 Å². The second-order valence-electron chi connectivity index (χ2n) is 6.44. The van der Waals surface area contributed by atoms with Crippen LogP contribution in [0.2, 0.25) is 0 Å². The summed E-state index contributed by atoms with van der Waals surface area (Å²) < 4.78 is 5.19. The molecule has 1 aromatic rings. The Balaban J connectivity index is 2.08. The van der Waals surface area contributed by atoms with Gasteiger partial charge in [-0.25, -0.2) is 0 Å². The lowest BCUT2D eigenvalue weighted by Gasteiger charge is -2.41. The molecule has 2 rings (SSSR count). The van der Waals surface area contributed by atoms with Gasteiger partial charge >= 0.3 is 0 Å². The Labute approximate surface area is 123 Å². The van der Waals surface area contributed by atoms with E-state index in [9.17, 15) is 5.11 Å². The second-order valence-corrected chi connectivity index (χ2v) is 6.44. The van der Waals surface area contributed by atoms with Crippen LogP contribution in [0, 0.1) is 11.8 Å². The van der Waals surface area contributed by atoms with Crippen LogP contribution < -0.4 is 4.74 Å². The first-order valence-electron chi connectivity index (χ1n) is 7.92. The van der Waals surface area contributed by atoms with Gasteiger partial charge in [0.2, 0.25) is 0 Å². The molecule has 1 saturated carbocycles. The summed E-state index contributed by atoms with van der Waals surface area (Å²) in [6.45, 7) is 4.28. The maximum Gasteiger partial charge on any atom is 0.118 e. The van der Waals surface area contributed by atoms with Gasteiger partial charge in [-0.2, -0.15) is 0 Å². The molecule has 0 amide bonds. The monoisotopic (exact) mass is 276 g/mol. The SMILES string of the molecule is CCC1CCCCC1C(C)(O)Cc1ccc(OC)cc1. The average Bonchev–Trinajstić information content (AvgIpc) is 2.47. The third-order valence-electron chi connectivity index (χ3n) is 4.95. The highest BCUT2D eigenvalue weighted by Gasteiger charge is 2.38. The summed E-state index contributed by atoms with van der Waals surface area (Å²) in [5.74, 6) is 1.98. The number of rotatable bonds is 5. The Kier molecular flexibility index (Phi) is 5.09. The van der Waals surface area contributed by atoms with Crippen LogP contribution in [0.3, 0.4) is 0 Å². The summed E-state index contributed by atoms with van der Waals surface area (Å²) in [6, 6.07) is 8.08. The van der Waals surface area contributed by atoms with Crippen molar-refractivity contribution in [3.8, 4) is 5.75 Å². The van der Waals surface area contributed by atoms with Crippen molar-refractivity contribution in [3.05, 3.63) is 29.8 Å². The van der Waals surface area contributed by atoms with Gasteiger partial charge in [0, 0.05) is 6.42 Å². The first kappa shape index (κ1) is 15.4. The number of hydrogen-bond donors (Lipinski definition) is 1. The zero-order valence-electron chi connectivity index (χ0n) is 13.1. The first-order valence-corrected chi connectivity index (χ1v) is 7.92. The van der Waals surface area contributed by atoms with Gasteiger partial charge in [0.05, 0.1) is 12.7 Å². The van der Waals surface area contributed by atoms with Gasteiger partial charge < -0.3 is 9.84 Å². The predicted molar refractivity (Wildman–Crippen MR) is 83.1 cm³/mol. The molecule has 0 radical (unpaired) electrons. The fraction of sp³-hybridized carbons (Fsp3) is 0.667. The van der Waals surface area contributed by atoms with Crippen molar-refractivity contribution in [2.75, 3.05) is 7.11 Å². The topological polar surface area (TPSA) is 29.5 Å². The highest BCUT2D eigenvalue weighted by atomic mass is 16.5. The Morgan fingerprint density at radius 1 is 1.20 bits per heavy atom. The summed E-state index contributed by atoms with van der Waals surface area (Å²) in [7, 11) is 1.68. The van der Waals surface area contributed by atoms with Crippen molar-refractivity contribution in [1.29, 1.82) is 0 Å². The zero-order valence-corrected chi connectivity index (χ0v) is 13.1. The highest BCUT2D eigenvalue weighted by molar-refractivity contribution is 5.28. The van der Waals surface area contributed by atoms with Crippen LogP contribution in [0.25, 0.3) is 0 Å². The van der Waals surface area contributed by atoms with E-state index in [2.05, 4.69) is 19.1 Å². The van der Waals surface area contributed by atoms with Crippen LogP contribution in [0.5, 0.6) is 5.75 Å². The summed E-state index contributed by atoms with van der Waals surface area (Å²) in [4.78, 5) is 0. The number of ether oxygens (including phenoxy) is 1. The third kappa shape index (κ3) is 3.54. The van der Waals surface area contributed by atoms with Gasteiger partial charge in [0.15, 0.2) is 0 Å². The van der Waals surface area contributed by atoms with Gasteiger partial charge in [-0.3, -0.25) is 0 Å². The number of hydrogen-bond acceptors (Lipinski definition) is 2. The molecule has 0 aliphatic heterocycles. The van der Waals surface area contributed by atoms with E-state index in [1.54, 1.807) is 7.11 Å². The van der Waals surface area contributed by atoms with Gasteiger partial charge in [-0.05, 0) is 42.9 Å². The van der Waals surface area contributed by atoms with Crippen LogP contribution in [0.15, 0.2) is 24.3 Å². The molecule has 2 nitrogen and oxygen atoms in total. The van der Waals surface area contributed by atoms with Crippen molar-refractivity contribution < 1.29 is 9.84 Å². The van der Waals surface area contributed by atoms with Crippen LogP contribution in [0.1, 0.15) is 51.5 Å². The van der Waals surface area contributed by atoms with E-state index in [1.807, 2.05) is 19.1 Å². The number of methoxy groups -OCH3 is 1. The van der Waals surface area contributed by atoms with E-state index in [1.165, 1.54) is 37.7 Å². The Morgan fingerprint density at radius 3 is 2.45 bits per heavy atom. The molecule has 0 aromatic heterocycles. The smallest absolute Gasteiger partial charge is 0.118 e. The van der Waals surface area contributed by atoms with Crippen molar-refractivity contribution in [1.82, 2.24) is 0 Å². The molecule has 0 saturated heterocycles. The van der Waals surface area contributed by atoms with E-state index in [0.29, 0.717) is 11.8 Å². The maximum absolute atomic E-state index is 11.0. The van der Waals surface area contributed by atoms with E-state index >= 15 is 0 Å². The van der Waals surface area contributed by atoms with Gasteiger partial charge in [0.1, 0.15) is 5.75 Å². The first-order chi connectivity index (χ1) is 9.56. The summed E-state index contributed by atoms with van der Waals surface area (Å²) in [6.07, 6.45) is 6.96. The molecule has 3 unspecified atom stereocenters. The lowest BCUT2D eigenvalue weighted by Crippen LogP contribution is -2.42. The zero-order chi connectivity index (χ0) is 14.6. The minimum Gasteiger partial charge on any atom is -0.497 e. The predicted octanol–water partition coefficient (Wildman–Crippen LogP) is 4.21. The summed E-state index contributed by atoms with van der Waals surface area (Å²) in [5.41, 5.74) is 0.589. The molecule has 112 valence electrons. The van der Waals surface area contributed by atoms with Crippen molar-refractivity contribution >= 4 is 0 Å².